The predicted octanol–water partition coefficient (Wildman–Crippen LogP) is 9.18. The van der Waals surface area contributed by atoms with Gasteiger partial charge >= 0.3 is 0 Å². The highest BCUT2D eigenvalue weighted by Gasteiger charge is 2.31. The first-order chi connectivity index (χ1) is 17.5. The monoisotopic (exact) mass is 488 g/mol. The molecule has 1 unspecified atom stereocenters. The fourth-order valence-electron chi connectivity index (χ4n) is 5.56. The van der Waals surface area contributed by atoms with Gasteiger partial charge in [0.05, 0.1) is 0 Å². The maximum Gasteiger partial charge on any atom is 0.123 e. The summed E-state index contributed by atoms with van der Waals surface area (Å²) >= 11 is 0. The van der Waals surface area contributed by atoms with Crippen LogP contribution in [-0.4, -0.2) is 10.2 Å². The molecule has 2 heteroatoms. The number of fused-ring (bicyclic) bond motifs is 2. The van der Waals surface area contributed by atoms with Crippen molar-refractivity contribution in [3.05, 3.63) is 119 Å². The number of phenols is 2. The molecule has 5 rings (SSSR count). The lowest BCUT2D eigenvalue weighted by atomic mass is 9.74. The van der Waals surface area contributed by atoms with Crippen molar-refractivity contribution in [1.82, 2.24) is 0 Å². The van der Waals surface area contributed by atoms with Crippen LogP contribution in [0.1, 0.15) is 75.3 Å². The number of hydrogen-bond acceptors (Lipinski definition) is 2. The summed E-state index contributed by atoms with van der Waals surface area (Å²) in [6, 6.07) is 31.2. The lowest BCUT2D eigenvalue weighted by molar-refractivity contribution is 0.422. The maximum absolute atomic E-state index is 11.5. The van der Waals surface area contributed by atoms with Crippen molar-refractivity contribution in [3.63, 3.8) is 0 Å². The zero-order valence-electron chi connectivity index (χ0n) is 22.6. The van der Waals surface area contributed by atoms with Gasteiger partial charge in [0, 0.05) is 11.5 Å². The van der Waals surface area contributed by atoms with Gasteiger partial charge in [0.15, 0.2) is 0 Å². The molecule has 5 aromatic carbocycles. The van der Waals surface area contributed by atoms with E-state index in [1.807, 2.05) is 24.3 Å². The molecular weight excluding hydrogens is 452 g/mol. The van der Waals surface area contributed by atoms with E-state index in [4.69, 9.17) is 0 Å². The van der Waals surface area contributed by atoms with Gasteiger partial charge in [-0.3, -0.25) is 0 Å². The van der Waals surface area contributed by atoms with Crippen LogP contribution in [0.4, 0.5) is 0 Å². The summed E-state index contributed by atoms with van der Waals surface area (Å²) in [6.45, 7) is 12.8. The molecule has 0 radical (unpaired) electrons. The van der Waals surface area contributed by atoms with Crippen molar-refractivity contribution in [2.45, 2.75) is 58.3 Å². The van der Waals surface area contributed by atoms with E-state index in [0.717, 1.165) is 49.4 Å². The Morgan fingerprint density at radius 2 is 1.08 bits per heavy atom. The van der Waals surface area contributed by atoms with Gasteiger partial charge < -0.3 is 10.2 Å². The molecule has 0 bridgehead atoms. The standard InChI is InChI=1S/C35H36O2/c1-34(2,3)28-20-24(21-29(33(28)37)35(4,5)6)31(27-17-11-14-22-12-7-9-15-25(22)27)32-26-16-10-8-13-23(26)18-19-30(32)36/h7-21,31,36-37H,1-6H3. The molecule has 5 aromatic rings. The average molecular weight is 489 g/mol. The molecule has 37 heavy (non-hydrogen) atoms. The van der Waals surface area contributed by atoms with Crippen LogP contribution in [0.25, 0.3) is 21.5 Å². The molecule has 0 aromatic heterocycles. The Hall–Kier alpha value is -3.78. The molecule has 0 aliphatic rings. The van der Waals surface area contributed by atoms with E-state index < -0.39 is 0 Å². The van der Waals surface area contributed by atoms with Crippen LogP contribution in [0.2, 0.25) is 0 Å². The van der Waals surface area contributed by atoms with Crippen LogP contribution < -0.4 is 0 Å². The van der Waals surface area contributed by atoms with E-state index in [2.05, 4.69) is 108 Å². The fraction of sp³-hybridized carbons (Fsp3) is 0.257. The van der Waals surface area contributed by atoms with Crippen molar-refractivity contribution in [3.8, 4) is 11.5 Å². The summed E-state index contributed by atoms with van der Waals surface area (Å²) in [4.78, 5) is 0. The Kier molecular flexibility index (Phi) is 6.02. The Bertz CT molecular complexity index is 1570. The van der Waals surface area contributed by atoms with E-state index in [-0.39, 0.29) is 22.5 Å². The maximum atomic E-state index is 11.5. The summed E-state index contributed by atoms with van der Waals surface area (Å²) in [5.74, 6) is 0.405. The van der Waals surface area contributed by atoms with Crippen LogP contribution in [0, 0.1) is 0 Å². The molecular formula is C35H36O2. The molecule has 0 saturated heterocycles. The number of aromatic hydroxyl groups is 2. The number of phenolic OH excluding ortho intramolecular Hbond substituents is 2. The van der Waals surface area contributed by atoms with Gasteiger partial charge in [0.2, 0.25) is 0 Å². The molecule has 0 spiro atoms. The highest BCUT2D eigenvalue weighted by molar-refractivity contribution is 5.92. The summed E-state index contributed by atoms with van der Waals surface area (Å²) in [7, 11) is 0. The summed E-state index contributed by atoms with van der Waals surface area (Å²) in [5, 5.41) is 27.3. The molecule has 1 atom stereocenters. The second-order valence-electron chi connectivity index (χ2n) is 12.2. The zero-order valence-corrected chi connectivity index (χ0v) is 22.6. The van der Waals surface area contributed by atoms with Crippen molar-refractivity contribution in [2.24, 2.45) is 0 Å². The van der Waals surface area contributed by atoms with Gasteiger partial charge in [-0.2, -0.15) is 0 Å². The van der Waals surface area contributed by atoms with Gasteiger partial charge in [0.25, 0.3) is 0 Å². The van der Waals surface area contributed by atoms with Crippen LogP contribution >= 0.6 is 0 Å². The molecule has 0 amide bonds. The quantitative estimate of drug-likeness (QED) is 0.249. The SMILES string of the molecule is CC(C)(C)c1cc(C(c2cccc3ccccc23)c2c(O)ccc3ccccc23)cc(C(C)(C)C)c1O. The minimum atomic E-state index is -0.260. The molecule has 0 heterocycles. The smallest absolute Gasteiger partial charge is 0.123 e. The van der Waals surface area contributed by atoms with Crippen molar-refractivity contribution >= 4 is 21.5 Å². The normalized spacial score (nSPS) is 13.2. The highest BCUT2D eigenvalue weighted by Crippen LogP contribution is 2.47. The van der Waals surface area contributed by atoms with Crippen molar-refractivity contribution in [2.75, 3.05) is 0 Å². The van der Waals surface area contributed by atoms with Crippen molar-refractivity contribution in [1.29, 1.82) is 0 Å². The molecule has 0 saturated carbocycles. The molecule has 0 aliphatic heterocycles. The van der Waals surface area contributed by atoms with Gasteiger partial charge in [-0.25, -0.2) is 0 Å². The number of rotatable bonds is 3. The minimum Gasteiger partial charge on any atom is -0.508 e. The first-order valence-electron chi connectivity index (χ1n) is 13.0. The second kappa shape index (κ2) is 8.95. The van der Waals surface area contributed by atoms with Crippen LogP contribution in [0.3, 0.4) is 0 Å². The lowest BCUT2D eigenvalue weighted by Crippen LogP contribution is -2.19. The van der Waals surface area contributed by atoms with Gasteiger partial charge in [-0.05, 0) is 60.7 Å². The van der Waals surface area contributed by atoms with E-state index in [0.29, 0.717) is 5.75 Å². The van der Waals surface area contributed by atoms with Crippen LogP contribution in [0.5, 0.6) is 11.5 Å². The summed E-state index contributed by atoms with van der Waals surface area (Å²) in [5.41, 5.74) is 4.40. The van der Waals surface area contributed by atoms with E-state index in [1.54, 1.807) is 0 Å². The Balaban J connectivity index is 1.95. The van der Waals surface area contributed by atoms with Gasteiger partial charge in [0.1, 0.15) is 11.5 Å². The summed E-state index contributed by atoms with van der Waals surface area (Å²) < 4.78 is 0. The van der Waals surface area contributed by atoms with Gasteiger partial charge in [-0.1, -0.05) is 126 Å². The van der Waals surface area contributed by atoms with Gasteiger partial charge in [-0.15, -0.1) is 0 Å². The van der Waals surface area contributed by atoms with Crippen molar-refractivity contribution < 1.29 is 10.2 Å². The molecule has 2 nitrogen and oxygen atoms in total. The average Bonchev–Trinajstić information content (AvgIpc) is 2.85. The molecule has 0 aliphatic carbocycles. The third kappa shape index (κ3) is 4.46. The predicted molar refractivity (Wildman–Crippen MR) is 156 cm³/mol. The largest absolute Gasteiger partial charge is 0.508 e. The first kappa shape index (κ1) is 24.9. The van der Waals surface area contributed by atoms with E-state index in [9.17, 15) is 10.2 Å². The molecule has 188 valence electrons. The highest BCUT2D eigenvalue weighted by atomic mass is 16.3. The lowest BCUT2D eigenvalue weighted by Gasteiger charge is -2.31. The minimum absolute atomic E-state index is 0.236. The fourth-order valence-corrected chi connectivity index (χ4v) is 5.56. The topological polar surface area (TPSA) is 40.5 Å². The van der Waals surface area contributed by atoms with E-state index >= 15 is 0 Å². The Morgan fingerprint density at radius 3 is 1.68 bits per heavy atom. The first-order valence-corrected chi connectivity index (χ1v) is 13.0. The van der Waals surface area contributed by atoms with E-state index in [1.165, 1.54) is 0 Å². The third-order valence-electron chi connectivity index (χ3n) is 7.45. The van der Waals surface area contributed by atoms with Crippen LogP contribution in [0.15, 0.2) is 91.0 Å². The Morgan fingerprint density at radius 1 is 0.568 bits per heavy atom. The Labute approximate surface area is 220 Å². The zero-order chi connectivity index (χ0) is 26.5. The number of hydrogen-bond donors (Lipinski definition) is 2. The third-order valence-corrected chi connectivity index (χ3v) is 7.45. The molecule has 0 fully saturated rings. The molecule has 2 N–H and O–H groups in total. The summed E-state index contributed by atoms with van der Waals surface area (Å²) in [6.07, 6.45) is 0. The second-order valence-corrected chi connectivity index (χ2v) is 12.2. The number of benzene rings is 5. The van der Waals surface area contributed by atoms with Crippen LogP contribution in [-0.2, 0) is 10.8 Å².